The van der Waals surface area contributed by atoms with Crippen molar-refractivity contribution in [3.63, 3.8) is 0 Å². The Morgan fingerprint density at radius 1 is 1.17 bits per heavy atom. The van der Waals surface area contributed by atoms with Gasteiger partial charge < -0.3 is 20.5 Å². The van der Waals surface area contributed by atoms with Gasteiger partial charge in [0.2, 0.25) is 0 Å². The van der Waals surface area contributed by atoms with E-state index in [0.717, 1.165) is 5.56 Å². The van der Waals surface area contributed by atoms with Gasteiger partial charge in [0.25, 0.3) is 5.91 Å². The van der Waals surface area contributed by atoms with Gasteiger partial charge in [-0.05, 0) is 30.2 Å². The van der Waals surface area contributed by atoms with Crippen LogP contribution in [-0.4, -0.2) is 19.6 Å². The molecule has 2 aromatic carbocycles. The van der Waals surface area contributed by atoms with Crippen molar-refractivity contribution >= 4 is 5.91 Å². The Bertz CT molecular complexity index is 644. The number of carbonyl (C=O) groups excluding carboxylic acids is 1. The Morgan fingerprint density at radius 3 is 2.57 bits per heavy atom. The van der Waals surface area contributed by atoms with Crippen LogP contribution in [0, 0.1) is 0 Å². The molecule has 5 heteroatoms. The molecule has 5 nitrogen and oxygen atoms in total. The second-order valence-electron chi connectivity index (χ2n) is 5.25. The minimum absolute atomic E-state index is 0.168. The van der Waals surface area contributed by atoms with Crippen LogP contribution in [-0.2, 0) is 11.3 Å². The lowest BCUT2D eigenvalue weighted by molar-refractivity contribution is -0.119. The van der Waals surface area contributed by atoms with Crippen LogP contribution in [0.1, 0.15) is 24.1 Å². The number of carbonyl (C=O) groups is 1. The normalized spacial score (nSPS) is 11.7. The van der Waals surface area contributed by atoms with Crippen LogP contribution in [0.4, 0.5) is 0 Å². The van der Waals surface area contributed by atoms with Crippen molar-refractivity contribution in [2.75, 3.05) is 13.7 Å². The van der Waals surface area contributed by atoms with Gasteiger partial charge in [0, 0.05) is 12.6 Å². The van der Waals surface area contributed by atoms with Gasteiger partial charge in [0.05, 0.1) is 7.11 Å². The number of amides is 1. The third-order valence-electron chi connectivity index (χ3n) is 3.51. The van der Waals surface area contributed by atoms with Gasteiger partial charge >= 0.3 is 0 Å². The summed E-state index contributed by atoms with van der Waals surface area (Å²) in [6.07, 6.45) is 0. The Hall–Kier alpha value is -2.53. The highest BCUT2D eigenvalue weighted by atomic mass is 16.5. The molecule has 2 rings (SSSR count). The molecule has 0 saturated carbocycles. The molecule has 0 heterocycles. The average Bonchev–Trinajstić information content (AvgIpc) is 2.58. The number of primary amides is 1. The number of nitrogens with two attached hydrogens (primary N) is 1. The van der Waals surface area contributed by atoms with Crippen LogP contribution in [0.3, 0.4) is 0 Å². The van der Waals surface area contributed by atoms with Crippen LogP contribution in [0.25, 0.3) is 0 Å². The van der Waals surface area contributed by atoms with Gasteiger partial charge in [0.15, 0.2) is 18.1 Å². The molecule has 0 aliphatic heterocycles. The zero-order chi connectivity index (χ0) is 16.7. The number of rotatable bonds is 8. The maximum Gasteiger partial charge on any atom is 0.255 e. The summed E-state index contributed by atoms with van der Waals surface area (Å²) in [4.78, 5) is 10.8. The Morgan fingerprint density at radius 2 is 1.91 bits per heavy atom. The lowest BCUT2D eigenvalue weighted by Gasteiger charge is -2.15. The van der Waals surface area contributed by atoms with Gasteiger partial charge in [-0.15, -0.1) is 0 Å². The summed E-state index contributed by atoms with van der Waals surface area (Å²) in [5.74, 6) is 0.568. The maximum absolute atomic E-state index is 10.8. The highest BCUT2D eigenvalue weighted by Gasteiger charge is 2.09. The van der Waals surface area contributed by atoms with E-state index in [4.69, 9.17) is 15.2 Å². The summed E-state index contributed by atoms with van der Waals surface area (Å²) in [7, 11) is 1.57. The van der Waals surface area contributed by atoms with E-state index in [0.29, 0.717) is 18.0 Å². The third-order valence-corrected chi connectivity index (χ3v) is 3.51. The fourth-order valence-electron chi connectivity index (χ4n) is 2.22. The minimum Gasteiger partial charge on any atom is -0.493 e. The van der Waals surface area contributed by atoms with E-state index in [1.807, 2.05) is 30.3 Å². The first-order chi connectivity index (χ1) is 11.1. The topological polar surface area (TPSA) is 73.6 Å². The number of hydrogen-bond donors (Lipinski definition) is 2. The van der Waals surface area contributed by atoms with Crippen LogP contribution in [0.2, 0.25) is 0 Å². The molecule has 0 aliphatic carbocycles. The van der Waals surface area contributed by atoms with Crippen LogP contribution in [0.5, 0.6) is 11.5 Å². The van der Waals surface area contributed by atoms with Crippen LogP contribution in [0.15, 0.2) is 48.5 Å². The first kappa shape index (κ1) is 16.8. The zero-order valence-corrected chi connectivity index (χ0v) is 13.4. The van der Waals surface area contributed by atoms with Crippen molar-refractivity contribution in [1.29, 1.82) is 0 Å². The molecule has 0 unspecified atom stereocenters. The van der Waals surface area contributed by atoms with Gasteiger partial charge in [-0.25, -0.2) is 0 Å². The van der Waals surface area contributed by atoms with E-state index in [2.05, 4.69) is 24.4 Å². The molecule has 0 aliphatic rings. The molecule has 1 amide bonds. The van der Waals surface area contributed by atoms with Crippen molar-refractivity contribution < 1.29 is 14.3 Å². The quantitative estimate of drug-likeness (QED) is 0.785. The molecular formula is C18H22N2O3. The lowest BCUT2D eigenvalue weighted by atomic mass is 10.1. The van der Waals surface area contributed by atoms with Gasteiger partial charge in [-0.3, -0.25) is 4.79 Å². The number of benzene rings is 2. The number of ether oxygens (including phenoxy) is 2. The Balaban J connectivity index is 1.99. The van der Waals surface area contributed by atoms with Crippen LogP contribution < -0.4 is 20.5 Å². The molecule has 3 N–H and O–H groups in total. The highest BCUT2D eigenvalue weighted by molar-refractivity contribution is 5.75. The molecule has 0 bridgehead atoms. The molecule has 0 radical (unpaired) electrons. The Kier molecular flexibility index (Phi) is 6.00. The minimum atomic E-state index is -0.519. The third kappa shape index (κ3) is 5.00. The van der Waals surface area contributed by atoms with Crippen molar-refractivity contribution in [3.8, 4) is 11.5 Å². The fraction of sp³-hybridized carbons (Fsp3) is 0.278. The Labute approximate surface area is 136 Å². The van der Waals surface area contributed by atoms with Crippen molar-refractivity contribution in [2.24, 2.45) is 5.73 Å². The van der Waals surface area contributed by atoms with Gasteiger partial charge in [-0.2, -0.15) is 0 Å². The summed E-state index contributed by atoms with van der Waals surface area (Å²) < 4.78 is 10.6. The monoisotopic (exact) mass is 314 g/mol. The molecule has 0 saturated heterocycles. The molecular weight excluding hydrogens is 292 g/mol. The van der Waals surface area contributed by atoms with E-state index >= 15 is 0 Å². The standard InChI is InChI=1S/C18H22N2O3/c1-13(15-6-4-3-5-7-15)20-11-14-8-9-16(17(10-14)22-2)23-12-18(19)21/h3-10,13,20H,11-12H2,1-2H3,(H2,19,21)/t13-/m0/s1. The smallest absolute Gasteiger partial charge is 0.255 e. The lowest BCUT2D eigenvalue weighted by Crippen LogP contribution is -2.20. The SMILES string of the molecule is COc1cc(CN[C@@H](C)c2ccccc2)ccc1OCC(N)=O. The average molecular weight is 314 g/mol. The molecule has 23 heavy (non-hydrogen) atoms. The zero-order valence-electron chi connectivity index (χ0n) is 13.4. The van der Waals surface area contributed by atoms with Gasteiger partial charge in [0.1, 0.15) is 0 Å². The number of hydrogen-bond acceptors (Lipinski definition) is 4. The van der Waals surface area contributed by atoms with Crippen molar-refractivity contribution in [3.05, 3.63) is 59.7 Å². The molecule has 0 aromatic heterocycles. The van der Waals surface area contributed by atoms with E-state index in [1.165, 1.54) is 5.56 Å². The molecule has 2 aromatic rings. The summed E-state index contributed by atoms with van der Waals surface area (Å²) in [5.41, 5.74) is 7.39. The second-order valence-corrected chi connectivity index (χ2v) is 5.25. The van der Waals surface area contributed by atoms with E-state index < -0.39 is 5.91 Å². The van der Waals surface area contributed by atoms with Crippen molar-refractivity contribution in [2.45, 2.75) is 19.5 Å². The number of methoxy groups -OCH3 is 1. The summed E-state index contributed by atoms with van der Waals surface area (Å²) in [6.45, 7) is 2.65. The summed E-state index contributed by atoms with van der Waals surface area (Å²) >= 11 is 0. The number of nitrogens with one attached hydrogen (secondary N) is 1. The van der Waals surface area contributed by atoms with E-state index in [-0.39, 0.29) is 12.6 Å². The molecule has 1 atom stereocenters. The van der Waals surface area contributed by atoms with Crippen LogP contribution >= 0.6 is 0 Å². The van der Waals surface area contributed by atoms with Crippen molar-refractivity contribution in [1.82, 2.24) is 5.32 Å². The van der Waals surface area contributed by atoms with Gasteiger partial charge in [-0.1, -0.05) is 36.4 Å². The highest BCUT2D eigenvalue weighted by Crippen LogP contribution is 2.28. The predicted molar refractivity (Wildman–Crippen MR) is 89.4 cm³/mol. The maximum atomic E-state index is 10.8. The van der Waals surface area contributed by atoms with E-state index in [1.54, 1.807) is 13.2 Å². The molecule has 122 valence electrons. The first-order valence-corrected chi connectivity index (χ1v) is 7.46. The second kappa shape index (κ2) is 8.19. The summed E-state index contributed by atoms with van der Waals surface area (Å²) in [6, 6.07) is 16.1. The summed E-state index contributed by atoms with van der Waals surface area (Å²) in [5, 5.41) is 3.47. The fourth-order valence-corrected chi connectivity index (χ4v) is 2.22. The first-order valence-electron chi connectivity index (χ1n) is 7.46. The van der Waals surface area contributed by atoms with E-state index in [9.17, 15) is 4.79 Å². The largest absolute Gasteiger partial charge is 0.493 e. The predicted octanol–water partition coefficient (Wildman–Crippen LogP) is 2.41. The molecule has 0 spiro atoms. The molecule has 0 fully saturated rings.